The summed E-state index contributed by atoms with van der Waals surface area (Å²) in [6.45, 7) is 11.1. The van der Waals surface area contributed by atoms with Crippen molar-refractivity contribution in [2.45, 2.75) is 84.8 Å². The maximum atomic E-state index is 12.7. The van der Waals surface area contributed by atoms with Gasteiger partial charge in [-0.05, 0) is 49.3 Å². The molecule has 1 atom stereocenters. The molecule has 0 spiro atoms. The molecule has 1 nitrogen and oxygen atoms in total. The van der Waals surface area contributed by atoms with E-state index in [-0.39, 0.29) is 5.41 Å². The molecule has 1 rings (SSSR count). The Bertz CT molecular complexity index is 354. The molecule has 20 heavy (non-hydrogen) atoms. The van der Waals surface area contributed by atoms with E-state index in [1.807, 2.05) is 11.8 Å². The van der Waals surface area contributed by atoms with Crippen LogP contribution < -0.4 is 0 Å². The van der Waals surface area contributed by atoms with Crippen LogP contribution in [0.25, 0.3) is 0 Å². The zero-order valence-electron chi connectivity index (χ0n) is 14.1. The summed E-state index contributed by atoms with van der Waals surface area (Å²) in [6, 6.07) is 0. The highest BCUT2D eigenvalue weighted by molar-refractivity contribution is 7.99. The minimum Gasteiger partial charge on any atom is -0.294 e. The maximum Gasteiger partial charge on any atom is 0.160 e. The first-order chi connectivity index (χ1) is 9.38. The first kappa shape index (κ1) is 17.8. The first-order valence-electron chi connectivity index (χ1n) is 8.23. The number of rotatable bonds is 8. The van der Waals surface area contributed by atoms with E-state index in [4.69, 9.17) is 0 Å². The zero-order valence-corrected chi connectivity index (χ0v) is 14.9. The molecule has 0 saturated heterocycles. The van der Waals surface area contributed by atoms with E-state index in [0.29, 0.717) is 17.5 Å². The average Bonchev–Trinajstić information content (AvgIpc) is 2.33. The third-order valence-corrected chi connectivity index (χ3v) is 5.62. The molecule has 0 aliphatic heterocycles. The highest BCUT2D eigenvalue weighted by atomic mass is 32.2. The van der Waals surface area contributed by atoms with E-state index in [2.05, 4.69) is 34.6 Å². The van der Waals surface area contributed by atoms with E-state index < -0.39 is 0 Å². The van der Waals surface area contributed by atoms with Crippen molar-refractivity contribution < 1.29 is 4.79 Å². The molecule has 0 fully saturated rings. The van der Waals surface area contributed by atoms with E-state index >= 15 is 0 Å². The minimum atomic E-state index is 0.0893. The largest absolute Gasteiger partial charge is 0.294 e. The molecule has 1 aliphatic carbocycles. The minimum absolute atomic E-state index is 0.0893. The molecule has 0 N–H and O–H groups in total. The monoisotopic (exact) mass is 296 g/mol. The molecule has 0 radical (unpaired) electrons. The van der Waals surface area contributed by atoms with Gasteiger partial charge in [-0.1, -0.05) is 46.1 Å². The Morgan fingerprint density at radius 1 is 1.35 bits per heavy atom. The highest BCUT2D eigenvalue weighted by Gasteiger charge is 2.33. The van der Waals surface area contributed by atoms with E-state index in [1.165, 1.54) is 37.0 Å². The lowest BCUT2D eigenvalue weighted by Gasteiger charge is -2.34. The molecule has 1 aliphatic rings. The topological polar surface area (TPSA) is 17.1 Å². The van der Waals surface area contributed by atoms with Crippen LogP contribution >= 0.6 is 11.8 Å². The summed E-state index contributed by atoms with van der Waals surface area (Å²) in [5.41, 5.74) is 2.57. The fourth-order valence-corrected chi connectivity index (χ4v) is 4.34. The Labute approximate surface area is 130 Å². The van der Waals surface area contributed by atoms with Crippen LogP contribution in [0.4, 0.5) is 0 Å². The normalized spacial score (nSPS) is 20.1. The van der Waals surface area contributed by atoms with Crippen LogP contribution in [-0.2, 0) is 4.79 Å². The van der Waals surface area contributed by atoms with Crippen molar-refractivity contribution >= 4 is 17.5 Å². The first-order valence-corrected chi connectivity index (χ1v) is 9.28. The van der Waals surface area contributed by atoms with E-state index in [9.17, 15) is 4.79 Å². The van der Waals surface area contributed by atoms with Gasteiger partial charge in [-0.15, -0.1) is 0 Å². The van der Waals surface area contributed by atoms with Crippen molar-refractivity contribution in [2.75, 3.05) is 5.75 Å². The predicted molar refractivity (Wildman–Crippen MR) is 91.4 cm³/mol. The van der Waals surface area contributed by atoms with Gasteiger partial charge >= 0.3 is 0 Å². The number of carbonyl (C=O) groups excluding carboxylic acids is 1. The summed E-state index contributed by atoms with van der Waals surface area (Å²) in [7, 11) is 0. The quantitative estimate of drug-likeness (QED) is 0.528. The molecular weight excluding hydrogens is 264 g/mol. The Hall–Kier alpha value is -0.240. The summed E-state index contributed by atoms with van der Waals surface area (Å²) >= 11 is 1.97. The lowest BCUT2D eigenvalue weighted by Crippen LogP contribution is -2.27. The third kappa shape index (κ3) is 5.27. The molecule has 0 bridgehead atoms. The van der Waals surface area contributed by atoms with Crippen LogP contribution in [0, 0.1) is 5.41 Å². The lowest BCUT2D eigenvalue weighted by atomic mass is 9.70. The smallest absolute Gasteiger partial charge is 0.160 e. The number of ketones is 1. The number of allylic oxidation sites excluding steroid dienone is 2. The number of thioether (sulfide) groups is 1. The Kier molecular flexibility index (Phi) is 7.36. The highest BCUT2D eigenvalue weighted by Crippen LogP contribution is 2.41. The summed E-state index contributed by atoms with van der Waals surface area (Å²) in [5.74, 6) is 1.60. The molecule has 0 saturated carbocycles. The van der Waals surface area contributed by atoms with Gasteiger partial charge in [0.2, 0.25) is 0 Å². The Morgan fingerprint density at radius 2 is 2.05 bits per heavy atom. The van der Waals surface area contributed by atoms with Gasteiger partial charge in [0.1, 0.15) is 0 Å². The van der Waals surface area contributed by atoms with E-state index in [1.54, 1.807) is 0 Å². The predicted octanol–water partition coefficient (Wildman–Crippen LogP) is 5.78. The van der Waals surface area contributed by atoms with Gasteiger partial charge in [-0.25, -0.2) is 0 Å². The fraction of sp³-hybridized carbons (Fsp3) is 0.833. The van der Waals surface area contributed by atoms with Gasteiger partial charge in [0.25, 0.3) is 0 Å². The fourth-order valence-electron chi connectivity index (χ4n) is 3.30. The summed E-state index contributed by atoms with van der Waals surface area (Å²) < 4.78 is 0. The Balaban J connectivity index is 2.53. The van der Waals surface area contributed by atoms with Crippen molar-refractivity contribution in [2.24, 2.45) is 5.41 Å². The molecule has 116 valence electrons. The molecule has 1 unspecified atom stereocenters. The van der Waals surface area contributed by atoms with Crippen LogP contribution in [0.15, 0.2) is 11.1 Å². The molecular formula is C18H32OS. The number of hydrogen-bond acceptors (Lipinski definition) is 2. The summed E-state index contributed by atoms with van der Waals surface area (Å²) in [6.07, 6.45) is 8.09. The van der Waals surface area contributed by atoms with Crippen LogP contribution in [0.1, 0.15) is 79.6 Å². The number of hydrogen-bond donors (Lipinski definition) is 0. The second kappa shape index (κ2) is 8.26. The second-order valence-electron chi connectivity index (χ2n) is 6.91. The molecule has 2 heteroatoms. The Morgan fingerprint density at radius 3 is 2.65 bits per heavy atom. The lowest BCUT2D eigenvalue weighted by molar-refractivity contribution is -0.116. The summed E-state index contributed by atoms with van der Waals surface area (Å²) in [4.78, 5) is 12.7. The summed E-state index contributed by atoms with van der Waals surface area (Å²) in [5, 5.41) is 0.456. The van der Waals surface area contributed by atoms with Crippen LogP contribution in [0.3, 0.4) is 0 Å². The number of unbranched alkanes of at least 4 members (excludes halogenated alkanes) is 2. The molecule has 0 amide bonds. The van der Waals surface area contributed by atoms with Crippen molar-refractivity contribution in [3.63, 3.8) is 0 Å². The standard InChI is InChI=1S/C18H32OS/c1-6-7-8-12-20-15(3)13-16(19)17-14(2)10-9-11-18(17,4)5/h15H,6-13H2,1-5H3. The van der Waals surface area contributed by atoms with Gasteiger partial charge in [0.05, 0.1) is 0 Å². The molecule has 0 aromatic carbocycles. The number of Topliss-reactive ketones (excluding diaryl/α,β-unsaturated/α-hetero) is 1. The third-order valence-electron chi connectivity index (χ3n) is 4.36. The SMILES string of the molecule is CCCCCSC(C)CC(=O)C1=C(C)CCCC1(C)C. The van der Waals surface area contributed by atoms with Crippen molar-refractivity contribution in [1.82, 2.24) is 0 Å². The van der Waals surface area contributed by atoms with Gasteiger partial charge in [0, 0.05) is 11.7 Å². The van der Waals surface area contributed by atoms with Gasteiger partial charge in [-0.3, -0.25) is 4.79 Å². The van der Waals surface area contributed by atoms with E-state index in [0.717, 1.165) is 18.4 Å². The van der Waals surface area contributed by atoms with Gasteiger partial charge < -0.3 is 0 Å². The van der Waals surface area contributed by atoms with Crippen molar-refractivity contribution in [3.05, 3.63) is 11.1 Å². The van der Waals surface area contributed by atoms with Crippen LogP contribution in [0.2, 0.25) is 0 Å². The number of carbonyl (C=O) groups is 1. The second-order valence-corrected chi connectivity index (χ2v) is 8.45. The van der Waals surface area contributed by atoms with Gasteiger partial charge in [0.15, 0.2) is 5.78 Å². The maximum absolute atomic E-state index is 12.7. The molecule has 0 heterocycles. The molecule has 0 aromatic rings. The molecule has 0 aromatic heterocycles. The zero-order chi connectivity index (χ0) is 15.2. The average molecular weight is 297 g/mol. The van der Waals surface area contributed by atoms with Crippen LogP contribution in [-0.4, -0.2) is 16.8 Å². The van der Waals surface area contributed by atoms with Crippen molar-refractivity contribution in [1.29, 1.82) is 0 Å². The van der Waals surface area contributed by atoms with Crippen LogP contribution in [0.5, 0.6) is 0 Å². The van der Waals surface area contributed by atoms with Crippen molar-refractivity contribution in [3.8, 4) is 0 Å². The van der Waals surface area contributed by atoms with Gasteiger partial charge in [-0.2, -0.15) is 11.8 Å².